The molecule has 0 aromatic heterocycles. The zero-order valence-corrected chi connectivity index (χ0v) is 9.98. The summed E-state index contributed by atoms with van der Waals surface area (Å²) in [5, 5.41) is 8.80. The first-order chi connectivity index (χ1) is 6.28. The quantitative estimate of drug-likeness (QED) is 0.573. The molecule has 78 valence electrons. The minimum Gasteiger partial charge on any atom is -0.392 e. The molecule has 0 rings (SSSR count). The summed E-state index contributed by atoms with van der Waals surface area (Å²) in [5.41, 5.74) is 6.24. The molecule has 0 bridgehead atoms. The van der Waals surface area contributed by atoms with E-state index in [0.717, 1.165) is 0 Å². The van der Waals surface area contributed by atoms with Crippen molar-refractivity contribution < 1.29 is 0 Å². The maximum Gasteiger partial charge on any atom is 0.133 e. The highest BCUT2D eigenvalue weighted by Crippen LogP contribution is 2.13. The van der Waals surface area contributed by atoms with E-state index in [2.05, 4.69) is 25.8 Å². The molecule has 2 N–H and O–H groups in total. The normalized spacial score (nSPS) is 14.6. The summed E-state index contributed by atoms with van der Waals surface area (Å²) in [6, 6.07) is 2.04. The Balaban J connectivity index is 4.53. The molecule has 0 amide bonds. The Kier molecular flexibility index (Phi) is 4.72. The van der Waals surface area contributed by atoms with Crippen LogP contribution in [0.5, 0.6) is 0 Å². The van der Waals surface area contributed by atoms with Crippen LogP contribution in [-0.4, -0.2) is 17.2 Å². The lowest BCUT2D eigenvalue weighted by Gasteiger charge is -2.16. The van der Waals surface area contributed by atoms with Crippen LogP contribution in [0.3, 0.4) is 0 Å². The van der Waals surface area contributed by atoms with E-state index in [4.69, 9.17) is 23.2 Å². The Morgan fingerprint density at radius 2 is 2.07 bits per heavy atom. The molecule has 0 aromatic carbocycles. The molecule has 0 aromatic rings. The first kappa shape index (κ1) is 13.1. The molecule has 1 atom stereocenters. The molecule has 0 saturated heterocycles. The summed E-state index contributed by atoms with van der Waals surface area (Å²) in [6.07, 6.45) is 0. The number of hydrogen-bond acceptors (Lipinski definition) is 3. The van der Waals surface area contributed by atoms with E-state index in [1.165, 1.54) is 0 Å². The second kappa shape index (κ2) is 5.06. The Morgan fingerprint density at radius 1 is 1.57 bits per heavy atom. The standard InChI is InChI=1S/C10H17N3S/c1-7(8(5-11)9(12)14)13-6-10(2,3)4/h8H,6H2,1-4H3,(H2,12,14). The Morgan fingerprint density at radius 3 is 2.36 bits per heavy atom. The maximum absolute atomic E-state index is 8.80. The van der Waals surface area contributed by atoms with Gasteiger partial charge in [-0.05, 0) is 12.3 Å². The molecule has 0 aliphatic heterocycles. The third-order valence-corrected chi connectivity index (χ3v) is 1.87. The Hall–Kier alpha value is -0.950. The summed E-state index contributed by atoms with van der Waals surface area (Å²) >= 11 is 4.77. The Labute approximate surface area is 91.0 Å². The molecule has 0 aliphatic rings. The largest absolute Gasteiger partial charge is 0.392 e. The van der Waals surface area contributed by atoms with E-state index in [1.54, 1.807) is 6.92 Å². The SMILES string of the molecule is CC(=NCC(C)(C)C)C(C#N)C(N)=S. The second-order valence-corrected chi connectivity index (χ2v) is 4.95. The fraction of sp³-hybridized carbons (Fsp3) is 0.700. The van der Waals surface area contributed by atoms with E-state index in [9.17, 15) is 0 Å². The van der Waals surface area contributed by atoms with Crippen LogP contribution < -0.4 is 5.73 Å². The van der Waals surface area contributed by atoms with E-state index in [0.29, 0.717) is 12.3 Å². The molecule has 0 heterocycles. The topological polar surface area (TPSA) is 62.2 Å². The number of nitriles is 1. The van der Waals surface area contributed by atoms with Crippen LogP contribution in [0.1, 0.15) is 27.7 Å². The van der Waals surface area contributed by atoms with Gasteiger partial charge in [0.05, 0.1) is 11.1 Å². The summed E-state index contributed by atoms with van der Waals surface area (Å²) in [6.45, 7) is 8.74. The van der Waals surface area contributed by atoms with Crippen molar-refractivity contribution in [1.82, 2.24) is 0 Å². The highest BCUT2D eigenvalue weighted by Gasteiger charge is 2.15. The highest BCUT2D eigenvalue weighted by molar-refractivity contribution is 7.80. The van der Waals surface area contributed by atoms with Gasteiger partial charge in [-0.3, -0.25) is 4.99 Å². The minimum absolute atomic E-state index is 0.123. The first-order valence-corrected chi connectivity index (χ1v) is 4.88. The predicted molar refractivity (Wildman–Crippen MR) is 63.3 cm³/mol. The molecule has 14 heavy (non-hydrogen) atoms. The molecule has 0 radical (unpaired) electrons. The van der Waals surface area contributed by atoms with Crippen LogP contribution in [0.25, 0.3) is 0 Å². The van der Waals surface area contributed by atoms with Gasteiger partial charge in [0.15, 0.2) is 0 Å². The van der Waals surface area contributed by atoms with Crippen LogP contribution in [0.2, 0.25) is 0 Å². The van der Waals surface area contributed by atoms with Crippen molar-refractivity contribution in [2.24, 2.45) is 22.1 Å². The number of nitrogens with two attached hydrogens (primary N) is 1. The van der Waals surface area contributed by atoms with Gasteiger partial charge in [-0.2, -0.15) is 5.26 Å². The lowest BCUT2D eigenvalue weighted by Crippen LogP contribution is -2.26. The van der Waals surface area contributed by atoms with E-state index >= 15 is 0 Å². The second-order valence-electron chi connectivity index (χ2n) is 4.48. The van der Waals surface area contributed by atoms with Crippen molar-refractivity contribution in [3.63, 3.8) is 0 Å². The number of nitrogens with zero attached hydrogens (tertiary/aromatic N) is 2. The molecule has 1 unspecified atom stereocenters. The third kappa shape index (κ3) is 4.93. The van der Waals surface area contributed by atoms with E-state index in [1.807, 2.05) is 6.07 Å². The van der Waals surface area contributed by atoms with Crippen LogP contribution >= 0.6 is 12.2 Å². The van der Waals surface area contributed by atoms with Crippen molar-refractivity contribution in [1.29, 1.82) is 5.26 Å². The number of hydrogen-bond donors (Lipinski definition) is 1. The number of thiocarbonyl (C=S) groups is 1. The van der Waals surface area contributed by atoms with Crippen molar-refractivity contribution in [2.75, 3.05) is 6.54 Å². The molecular weight excluding hydrogens is 194 g/mol. The minimum atomic E-state index is -0.521. The van der Waals surface area contributed by atoms with Gasteiger partial charge >= 0.3 is 0 Å². The first-order valence-electron chi connectivity index (χ1n) is 4.48. The molecule has 0 spiro atoms. The molecule has 0 aliphatic carbocycles. The van der Waals surface area contributed by atoms with Gasteiger partial charge in [0.2, 0.25) is 0 Å². The summed E-state index contributed by atoms with van der Waals surface area (Å²) in [5.74, 6) is -0.521. The number of aliphatic imine (C=N–C) groups is 1. The van der Waals surface area contributed by atoms with Gasteiger partial charge in [-0.1, -0.05) is 33.0 Å². The average molecular weight is 211 g/mol. The van der Waals surface area contributed by atoms with Crippen molar-refractivity contribution in [3.05, 3.63) is 0 Å². The fourth-order valence-electron chi connectivity index (χ4n) is 0.816. The van der Waals surface area contributed by atoms with Crippen LogP contribution in [0.4, 0.5) is 0 Å². The maximum atomic E-state index is 8.80. The molecular formula is C10H17N3S. The van der Waals surface area contributed by atoms with Gasteiger partial charge in [-0.25, -0.2) is 0 Å². The summed E-state index contributed by atoms with van der Waals surface area (Å²) < 4.78 is 0. The van der Waals surface area contributed by atoms with Crippen LogP contribution in [0.15, 0.2) is 4.99 Å². The van der Waals surface area contributed by atoms with Gasteiger partial charge in [0.1, 0.15) is 5.92 Å². The number of rotatable bonds is 3. The highest BCUT2D eigenvalue weighted by atomic mass is 32.1. The fourth-order valence-corrected chi connectivity index (χ4v) is 1.04. The molecule has 0 fully saturated rings. The lowest BCUT2D eigenvalue weighted by atomic mass is 9.97. The Bertz CT molecular complexity index is 281. The van der Waals surface area contributed by atoms with Gasteiger partial charge in [-0.15, -0.1) is 0 Å². The van der Waals surface area contributed by atoms with E-state index in [-0.39, 0.29) is 10.4 Å². The predicted octanol–water partition coefficient (Wildman–Crippen LogP) is 1.92. The molecule has 4 heteroatoms. The van der Waals surface area contributed by atoms with Crippen LogP contribution in [-0.2, 0) is 0 Å². The molecule has 0 saturated carbocycles. The van der Waals surface area contributed by atoms with Gasteiger partial charge in [0.25, 0.3) is 0 Å². The zero-order valence-electron chi connectivity index (χ0n) is 9.16. The van der Waals surface area contributed by atoms with Gasteiger partial charge < -0.3 is 5.73 Å². The monoisotopic (exact) mass is 211 g/mol. The third-order valence-electron chi connectivity index (χ3n) is 1.63. The summed E-state index contributed by atoms with van der Waals surface area (Å²) in [4.78, 5) is 4.51. The smallest absolute Gasteiger partial charge is 0.133 e. The summed E-state index contributed by atoms with van der Waals surface area (Å²) in [7, 11) is 0. The molecule has 3 nitrogen and oxygen atoms in total. The van der Waals surface area contributed by atoms with Crippen molar-refractivity contribution >= 4 is 22.9 Å². The van der Waals surface area contributed by atoms with Crippen LogP contribution in [0, 0.1) is 22.7 Å². The van der Waals surface area contributed by atoms with Crippen molar-refractivity contribution in [2.45, 2.75) is 27.7 Å². The zero-order chi connectivity index (χ0) is 11.4. The van der Waals surface area contributed by atoms with Gasteiger partial charge in [0, 0.05) is 12.3 Å². The lowest BCUT2D eigenvalue weighted by molar-refractivity contribution is 0.429. The van der Waals surface area contributed by atoms with Crippen molar-refractivity contribution in [3.8, 4) is 6.07 Å². The average Bonchev–Trinajstić information content (AvgIpc) is 2.00. The van der Waals surface area contributed by atoms with E-state index < -0.39 is 5.92 Å².